The number of hydrogen-bond acceptors (Lipinski definition) is 3. The van der Waals surface area contributed by atoms with Gasteiger partial charge < -0.3 is 9.64 Å². The van der Waals surface area contributed by atoms with Crippen molar-refractivity contribution in [3.63, 3.8) is 0 Å². The Labute approximate surface area is 178 Å². The Kier molecular flexibility index (Phi) is 6.43. The minimum Gasteiger partial charge on any atom is -0.497 e. The van der Waals surface area contributed by atoms with Crippen LogP contribution in [0.1, 0.15) is 41.3 Å². The molecule has 0 N–H and O–H groups in total. The first-order valence-electron chi connectivity index (χ1n) is 10.6. The van der Waals surface area contributed by atoms with Gasteiger partial charge in [-0.3, -0.25) is 9.78 Å². The third kappa shape index (κ3) is 5.07. The molecule has 1 atom stereocenters. The predicted octanol–water partition coefficient (Wildman–Crippen LogP) is 4.63. The molecule has 1 fully saturated rings. The summed E-state index contributed by atoms with van der Waals surface area (Å²) in [4.78, 5) is 19.8. The summed E-state index contributed by atoms with van der Waals surface area (Å²) < 4.78 is 5.20. The van der Waals surface area contributed by atoms with Gasteiger partial charge in [0, 0.05) is 36.8 Å². The van der Waals surface area contributed by atoms with Gasteiger partial charge in [0.2, 0.25) is 5.91 Å². The highest BCUT2D eigenvalue weighted by atomic mass is 16.5. The number of pyridine rings is 1. The zero-order valence-corrected chi connectivity index (χ0v) is 17.5. The van der Waals surface area contributed by atoms with E-state index < -0.39 is 0 Å². The number of piperidine rings is 1. The molecule has 4 nitrogen and oxygen atoms in total. The molecule has 0 bridgehead atoms. The van der Waals surface area contributed by atoms with Crippen molar-refractivity contribution in [2.75, 3.05) is 20.2 Å². The van der Waals surface area contributed by atoms with Gasteiger partial charge in [-0.2, -0.15) is 0 Å². The van der Waals surface area contributed by atoms with Crippen LogP contribution < -0.4 is 4.74 Å². The largest absolute Gasteiger partial charge is 0.497 e. The smallest absolute Gasteiger partial charge is 0.227 e. The highest BCUT2D eigenvalue weighted by Crippen LogP contribution is 2.26. The first kappa shape index (κ1) is 20.1. The SMILES string of the molecule is COc1ccc(CC(=O)N2CCCC(c3cccc(Cc4ccccc4)n3)C2)cc1. The second-order valence-corrected chi connectivity index (χ2v) is 7.92. The molecule has 3 aromatic rings. The van der Waals surface area contributed by atoms with E-state index in [4.69, 9.17) is 9.72 Å². The maximum Gasteiger partial charge on any atom is 0.227 e. The highest BCUT2D eigenvalue weighted by Gasteiger charge is 2.25. The zero-order chi connectivity index (χ0) is 20.8. The fourth-order valence-corrected chi connectivity index (χ4v) is 4.10. The van der Waals surface area contributed by atoms with E-state index in [1.807, 2.05) is 35.2 Å². The van der Waals surface area contributed by atoms with Crippen molar-refractivity contribution in [2.45, 2.75) is 31.6 Å². The molecular weight excluding hydrogens is 372 g/mol. The normalized spacial score (nSPS) is 16.3. The van der Waals surface area contributed by atoms with Gasteiger partial charge in [0.1, 0.15) is 5.75 Å². The topological polar surface area (TPSA) is 42.4 Å². The van der Waals surface area contributed by atoms with Gasteiger partial charge in [0.25, 0.3) is 0 Å². The number of hydrogen-bond donors (Lipinski definition) is 0. The van der Waals surface area contributed by atoms with Gasteiger partial charge in [0.15, 0.2) is 0 Å². The summed E-state index contributed by atoms with van der Waals surface area (Å²) in [7, 11) is 1.65. The van der Waals surface area contributed by atoms with Crippen molar-refractivity contribution in [2.24, 2.45) is 0 Å². The number of likely N-dealkylation sites (tertiary alicyclic amines) is 1. The molecule has 0 saturated carbocycles. The number of nitrogens with zero attached hydrogens (tertiary/aromatic N) is 2. The molecule has 30 heavy (non-hydrogen) atoms. The summed E-state index contributed by atoms with van der Waals surface area (Å²) in [5.41, 5.74) is 4.47. The number of methoxy groups -OCH3 is 1. The van der Waals surface area contributed by atoms with Crippen LogP contribution in [0.2, 0.25) is 0 Å². The number of benzene rings is 2. The number of rotatable bonds is 6. The lowest BCUT2D eigenvalue weighted by Gasteiger charge is -2.32. The fraction of sp³-hybridized carbons (Fsp3) is 0.308. The van der Waals surface area contributed by atoms with Gasteiger partial charge in [-0.1, -0.05) is 48.5 Å². The quantitative estimate of drug-likeness (QED) is 0.606. The second-order valence-electron chi connectivity index (χ2n) is 7.92. The van der Waals surface area contributed by atoms with Crippen LogP contribution in [0.4, 0.5) is 0 Å². The summed E-state index contributed by atoms with van der Waals surface area (Å²) in [5, 5.41) is 0. The van der Waals surface area contributed by atoms with Crippen molar-refractivity contribution in [3.8, 4) is 5.75 Å². The summed E-state index contributed by atoms with van der Waals surface area (Å²) in [5.74, 6) is 1.30. The number of aromatic nitrogens is 1. The highest BCUT2D eigenvalue weighted by molar-refractivity contribution is 5.79. The minimum atomic E-state index is 0.185. The lowest BCUT2D eigenvalue weighted by molar-refractivity contribution is -0.131. The molecule has 1 aromatic heterocycles. The van der Waals surface area contributed by atoms with Crippen LogP contribution in [0.3, 0.4) is 0 Å². The Morgan fingerprint density at radius 1 is 1.00 bits per heavy atom. The monoisotopic (exact) mass is 400 g/mol. The number of amides is 1. The van der Waals surface area contributed by atoms with Crippen LogP contribution in [0, 0.1) is 0 Å². The van der Waals surface area contributed by atoms with E-state index in [1.165, 1.54) is 5.56 Å². The number of ether oxygens (including phenoxy) is 1. The molecular formula is C26H28N2O2. The molecule has 0 spiro atoms. The Balaban J connectivity index is 1.40. The minimum absolute atomic E-state index is 0.185. The van der Waals surface area contributed by atoms with E-state index in [2.05, 4.69) is 42.5 Å². The van der Waals surface area contributed by atoms with Crippen molar-refractivity contribution >= 4 is 5.91 Å². The molecule has 1 aliphatic rings. The molecule has 1 aliphatic heterocycles. The average molecular weight is 401 g/mol. The van der Waals surface area contributed by atoms with E-state index in [0.29, 0.717) is 12.3 Å². The van der Waals surface area contributed by atoms with Crippen molar-refractivity contribution < 1.29 is 9.53 Å². The number of carbonyl (C=O) groups is 1. The molecule has 4 heteroatoms. The Bertz CT molecular complexity index is 970. The predicted molar refractivity (Wildman–Crippen MR) is 119 cm³/mol. The van der Waals surface area contributed by atoms with E-state index in [9.17, 15) is 4.79 Å². The summed E-state index contributed by atoms with van der Waals surface area (Å²) in [6.07, 6.45) is 3.36. The van der Waals surface area contributed by atoms with Gasteiger partial charge in [0.05, 0.1) is 13.5 Å². The molecule has 2 heterocycles. The van der Waals surface area contributed by atoms with Crippen molar-refractivity contribution in [1.82, 2.24) is 9.88 Å². The number of carbonyl (C=O) groups excluding carboxylic acids is 1. The summed E-state index contributed by atoms with van der Waals surface area (Å²) >= 11 is 0. The summed E-state index contributed by atoms with van der Waals surface area (Å²) in [6, 6.07) is 24.5. The van der Waals surface area contributed by atoms with Crippen LogP contribution in [-0.2, 0) is 17.6 Å². The average Bonchev–Trinajstić information content (AvgIpc) is 2.80. The van der Waals surface area contributed by atoms with Gasteiger partial charge in [-0.15, -0.1) is 0 Å². The van der Waals surface area contributed by atoms with E-state index in [0.717, 1.165) is 55.1 Å². The zero-order valence-electron chi connectivity index (χ0n) is 17.5. The molecule has 4 rings (SSSR count). The van der Waals surface area contributed by atoms with Crippen LogP contribution >= 0.6 is 0 Å². The Morgan fingerprint density at radius 2 is 1.80 bits per heavy atom. The fourth-order valence-electron chi connectivity index (χ4n) is 4.10. The second kappa shape index (κ2) is 9.57. The molecule has 1 saturated heterocycles. The first-order valence-corrected chi connectivity index (χ1v) is 10.6. The van der Waals surface area contributed by atoms with Crippen LogP contribution in [0.25, 0.3) is 0 Å². The van der Waals surface area contributed by atoms with E-state index in [1.54, 1.807) is 7.11 Å². The molecule has 0 radical (unpaired) electrons. The molecule has 0 aliphatic carbocycles. The van der Waals surface area contributed by atoms with Crippen LogP contribution in [0.5, 0.6) is 5.75 Å². The third-order valence-electron chi connectivity index (χ3n) is 5.76. The molecule has 154 valence electrons. The third-order valence-corrected chi connectivity index (χ3v) is 5.76. The van der Waals surface area contributed by atoms with Crippen molar-refractivity contribution in [3.05, 3.63) is 95.3 Å². The maximum atomic E-state index is 12.9. The van der Waals surface area contributed by atoms with E-state index in [-0.39, 0.29) is 5.91 Å². The standard InChI is InChI=1S/C26H28N2O2/c1-30-24-14-12-21(13-15-24)18-26(29)28-16-6-9-22(19-28)25-11-5-10-23(27-25)17-20-7-3-2-4-8-20/h2-5,7-8,10-15,22H,6,9,16-19H2,1H3. The van der Waals surface area contributed by atoms with Gasteiger partial charge >= 0.3 is 0 Å². The Hall–Kier alpha value is -3.14. The lowest BCUT2D eigenvalue weighted by Crippen LogP contribution is -2.40. The van der Waals surface area contributed by atoms with Crippen molar-refractivity contribution in [1.29, 1.82) is 0 Å². The van der Waals surface area contributed by atoms with Crippen LogP contribution in [0.15, 0.2) is 72.8 Å². The lowest BCUT2D eigenvalue weighted by atomic mass is 9.93. The summed E-state index contributed by atoms with van der Waals surface area (Å²) in [6.45, 7) is 1.58. The van der Waals surface area contributed by atoms with Gasteiger partial charge in [-0.05, 0) is 48.2 Å². The van der Waals surface area contributed by atoms with E-state index >= 15 is 0 Å². The first-order chi connectivity index (χ1) is 14.7. The van der Waals surface area contributed by atoms with Gasteiger partial charge in [-0.25, -0.2) is 0 Å². The molecule has 1 unspecified atom stereocenters. The Morgan fingerprint density at radius 3 is 2.57 bits per heavy atom. The molecule has 2 aromatic carbocycles. The van der Waals surface area contributed by atoms with Crippen LogP contribution in [-0.4, -0.2) is 36.0 Å². The maximum absolute atomic E-state index is 12.9. The molecule has 1 amide bonds.